The molecule has 1 aromatic heterocycles. The van der Waals surface area contributed by atoms with Crippen LogP contribution in [0.25, 0.3) is 11.3 Å². The Hall–Kier alpha value is -3.98. The first kappa shape index (κ1) is 23.7. The predicted molar refractivity (Wildman–Crippen MR) is 127 cm³/mol. The molecular weight excluding hydrogens is 422 g/mol. The van der Waals surface area contributed by atoms with E-state index in [1.807, 2.05) is 32.3 Å². The van der Waals surface area contributed by atoms with Crippen LogP contribution in [0.5, 0.6) is 0 Å². The first-order valence-electron chi connectivity index (χ1n) is 10.5. The molecule has 0 aliphatic rings. The number of hydrogen-bond donors (Lipinski definition) is 2. The lowest BCUT2D eigenvalue weighted by molar-refractivity contribution is -0.116. The van der Waals surface area contributed by atoms with Gasteiger partial charge in [0, 0.05) is 23.0 Å². The van der Waals surface area contributed by atoms with Gasteiger partial charge in [-0.05, 0) is 56.9 Å². The van der Waals surface area contributed by atoms with E-state index in [2.05, 4.69) is 15.7 Å². The Bertz CT molecular complexity index is 1170. The monoisotopic (exact) mass is 449 g/mol. The van der Waals surface area contributed by atoms with Crippen LogP contribution in [0.15, 0.2) is 65.5 Å². The van der Waals surface area contributed by atoms with E-state index in [-0.39, 0.29) is 24.6 Å². The highest BCUT2D eigenvalue weighted by atomic mass is 16.5. The highest BCUT2D eigenvalue weighted by Gasteiger charge is 2.08. The average molecular weight is 450 g/mol. The molecule has 2 aromatic carbocycles. The van der Waals surface area contributed by atoms with Gasteiger partial charge in [-0.15, -0.1) is 0 Å². The molecule has 3 rings (SSSR count). The molecule has 2 amide bonds. The molecule has 3 aromatic rings. The first-order chi connectivity index (χ1) is 15.8. The maximum absolute atomic E-state index is 12.4. The molecule has 0 radical (unpaired) electrons. The summed E-state index contributed by atoms with van der Waals surface area (Å²) in [5, 5.41) is 9.97. The van der Waals surface area contributed by atoms with Gasteiger partial charge < -0.3 is 15.0 Å². The number of rotatable bonds is 8. The second-order valence-corrected chi connectivity index (χ2v) is 7.62. The number of nitrogens with one attached hydrogen (secondary N) is 2. The zero-order valence-corrected chi connectivity index (χ0v) is 18.9. The number of aromatic nitrogens is 2. The van der Waals surface area contributed by atoms with E-state index in [0.717, 1.165) is 11.1 Å². The van der Waals surface area contributed by atoms with Crippen molar-refractivity contribution >= 4 is 23.4 Å². The second kappa shape index (κ2) is 11.1. The van der Waals surface area contributed by atoms with Gasteiger partial charge in [-0.25, -0.2) is 9.48 Å². The summed E-state index contributed by atoms with van der Waals surface area (Å²) >= 11 is 0. The van der Waals surface area contributed by atoms with Crippen molar-refractivity contribution in [2.75, 3.05) is 37.9 Å². The molecule has 0 aliphatic heterocycles. The Morgan fingerprint density at radius 3 is 2.45 bits per heavy atom. The molecule has 1 heterocycles. The molecule has 0 fully saturated rings. The maximum atomic E-state index is 12.4. The molecule has 2 N–H and O–H groups in total. The van der Waals surface area contributed by atoms with Crippen molar-refractivity contribution in [3.63, 3.8) is 0 Å². The Balaban J connectivity index is 1.74. The van der Waals surface area contributed by atoms with Crippen LogP contribution in [0.4, 0.5) is 16.2 Å². The Kier molecular flexibility index (Phi) is 7.93. The van der Waals surface area contributed by atoms with E-state index in [1.54, 1.807) is 48.2 Å². The molecule has 0 spiro atoms. The Morgan fingerprint density at radius 2 is 1.76 bits per heavy atom. The largest absolute Gasteiger partial charge is 0.450 e. The van der Waals surface area contributed by atoms with Gasteiger partial charge in [0.25, 0.3) is 5.56 Å². The van der Waals surface area contributed by atoms with Gasteiger partial charge in [0.1, 0.15) is 0 Å². The molecule has 9 heteroatoms. The third-order valence-electron chi connectivity index (χ3n) is 4.57. The summed E-state index contributed by atoms with van der Waals surface area (Å²) in [4.78, 5) is 37.7. The van der Waals surface area contributed by atoms with Crippen molar-refractivity contribution in [3.8, 4) is 11.3 Å². The fourth-order valence-corrected chi connectivity index (χ4v) is 3.13. The number of amides is 2. The van der Waals surface area contributed by atoms with Gasteiger partial charge in [-0.2, -0.15) is 5.10 Å². The number of carbonyl (C=O) groups is 2. The summed E-state index contributed by atoms with van der Waals surface area (Å²) < 4.78 is 6.26. The molecular formula is C24H27N5O4. The quantitative estimate of drug-likeness (QED) is 0.548. The van der Waals surface area contributed by atoms with E-state index in [0.29, 0.717) is 23.6 Å². The summed E-state index contributed by atoms with van der Waals surface area (Å²) in [6.45, 7) is 2.55. The van der Waals surface area contributed by atoms with Crippen molar-refractivity contribution in [1.29, 1.82) is 0 Å². The Labute approximate surface area is 192 Å². The zero-order chi connectivity index (χ0) is 23.8. The van der Waals surface area contributed by atoms with Crippen LogP contribution in [0, 0.1) is 0 Å². The normalized spacial score (nSPS) is 10.7. The molecule has 0 saturated heterocycles. The SMILES string of the molecule is CCOC(=O)Nc1cccc(Cn2nc(-c3ccc(NC(=O)CN(C)C)cc3)ccc2=O)c1. The second-order valence-electron chi connectivity index (χ2n) is 7.62. The molecule has 0 aliphatic carbocycles. The third-order valence-corrected chi connectivity index (χ3v) is 4.57. The summed E-state index contributed by atoms with van der Waals surface area (Å²) in [6.07, 6.45) is -0.534. The standard InChI is InChI=1S/C24H27N5O4/c1-4-33-24(32)26-20-7-5-6-17(14-20)15-29-23(31)13-12-21(27-29)18-8-10-19(11-9-18)25-22(30)16-28(2)3/h5-14H,4,15-16H2,1-3H3,(H,25,30)(H,26,32). The first-order valence-corrected chi connectivity index (χ1v) is 10.5. The smallest absolute Gasteiger partial charge is 0.411 e. The van der Waals surface area contributed by atoms with Gasteiger partial charge in [-0.1, -0.05) is 24.3 Å². The van der Waals surface area contributed by atoms with Gasteiger partial charge in [0.05, 0.1) is 25.4 Å². The predicted octanol–water partition coefficient (Wildman–Crippen LogP) is 3.03. The topological polar surface area (TPSA) is 106 Å². The summed E-state index contributed by atoms with van der Waals surface area (Å²) in [5.74, 6) is -0.0981. The number of hydrogen-bond acceptors (Lipinski definition) is 6. The Morgan fingerprint density at radius 1 is 1.00 bits per heavy atom. The van der Waals surface area contributed by atoms with E-state index >= 15 is 0 Å². The van der Waals surface area contributed by atoms with Crippen molar-refractivity contribution in [1.82, 2.24) is 14.7 Å². The zero-order valence-electron chi connectivity index (χ0n) is 18.9. The van der Waals surface area contributed by atoms with Crippen LogP contribution < -0.4 is 16.2 Å². The third kappa shape index (κ3) is 7.01. The van der Waals surface area contributed by atoms with Crippen LogP contribution in [-0.4, -0.2) is 53.9 Å². The molecule has 0 unspecified atom stereocenters. The lowest BCUT2D eigenvalue weighted by atomic mass is 10.1. The highest BCUT2D eigenvalue weighted by molar-refractivity contribution is 5.92. The lowest BCUT2D eigenvalue weighted by Crippen LogP contribution is -2.27. The van der Waals surface area contributed by atoms with E-state index < -0.39 is 6.09 Å². The number of benzene rings is 2. The summed E-state index contributed by atoms with van der Waals surface area (Å²) in [6, 6.07) is 17.5. The van der Waals surface area contributed by atoms with Gasteiger partial charge in [0.2, 0.25) is 5.91 Å². The summed E-state index contributed by atoms with van der Waals surface area (Å²) in [7, 11) is 3.66. The molecule has 0 atom stereocenters. The van der Waals surface area contributed by atoms with E-state index in [9.17, 15) is 14.4 Å². The van der Waals surface area contributed by atoms with E-state index in [4.69, 9.17) is 4.74 Å². The number of ether oxygens (including phenoxy) is 1. The lowest BCUT2D eigenvalue weighted by Gasteiger charge is -2.11. The fraction of sp³-hybridized carbons (Fsp3) is 0.250. The van der Waals surface area contributed by atoms with Crippen molar-refractivity contribution in [3.05, 3.63) is 76.6 Å². The van der Waals surface area contributed by atoms with Crippen LogP contribution in [0.2, 0.25) is 0 Å². The van der Waals surface area contributed by atoms with E-state index in [1.165, 1.54) is 10.7 Å². The fourth-order valence-electron chi connectivity index (χ4n) is 3.13. The number of likely N-dealkylation sites (N-methyl/N-ethyl adjacent to an activating group) is 1. The maximum Gasteiger partial charge on any atom is 0.411 e. The molecule has 172 valence electrons. The number of carbonyl (C=O) groups excluding carboxylic acids is 2. The highest BCUT2D eigenvalue weighted by Crippen LogP contribution is 2.19. The van der Waals surface area contributed by atoms with Gasteiger partial charge >= 0.3 is 6.09 Å². The minimum atomic E-state index is -0.534. The van der Waals surface area contributed by atoms with Gasteiger partial charge in [0.15, 0.2) is 0 Å². The van der Waals surface area contributed by atoms with Crippen LogP contribution in [0.3, 0.4) is 0 Å². The number of nitrogens with zero attached hydrogens (tertiary/aromatic N) is 3. The van der Waals surface area contributed by atoms with Crippen LogP contribution >= 0.6 is 0 Å². The van der Waals surface area contributed by atoms with Crippen molar-refractivity contribution in [2.24, 2.45) is 0 Å². The van der Waals surface area contributed by atoms with Gasteiger partial charge in [-0.3, -0.25) is 14.9 Å². The average Bonchev–Trinajstić information content (AvgIpc) is 2.76. The molecule has 9 nitrogen and oxygen atoms in total. The molecule has 33 heavy (non-hydrogen) atoms. The van der Waals surface area contributed by atoms with Crippen LogP contribution in [0.1, 0.15) is 12.5 Å². The molecule has 0 bridgehead atoms. The number of anilines is 2. The van der Waals surface area contributed by atoms with Crippen LogP contribution in [-0.2, 0) is 16.1 Å². The van der Waals surface area contributed by atoms with Crippen molar-refractivity contribution in [2.45, 2.75) is 13.5 Å². The van der Waals surface area contributed by atoms with Crippen molar-refractivity contribution < 1.29 is 14.3 Å². The minimum absolute atomic E-state index is 0.0981. The summed E-state index contributed by atoms with van der Waals surface area (Å²) in [5.41, 5.74) is 3.26. The minimum Gasteiger partial charge on any atom is -0.450 e. The molecule has 0 saturated carbocycles.